The highest BCUT2D eigenvalue weighted by Crippen LogP contribution is 2.20. The molecule has 0 amide bonds. The van der Waals surface area contributed by atoms with Crippen LogP contribution in [0.2, 0.25) is 0 Å². The Bertz CT molecular complexity index is 175. The minimum atomic E-state index is 0.664. The molecular weight excluding hydrogens is 188 g/mol. The number of ether oxygens (including phenoxy) is 1. The lowest BCUT2D eigenvalue weighted by molar-refractivity contribution is 0.107. The maximum absolute atomic E-state index is 5.33. The van der Waals surface area contributed by atoms with Gasteiger partial charge in [-0.25, -0.2) is 0 Å². The Balaban J connectivity index is 2.22. The van der Waals surface area contributed by atoms with E-state index in [0.29, 0.717) is 12.1 Å². The Kier molecular flexibility index (Phi) is 5.58. The predicted octanol–water partition coefficient (Wildman–Crippen LogP) is 1.34. The van der Waals surface area contributed by atoms with Gasteiger partial charge in [0, 0.05) is 31.8 Å². The van der Waals surface area contributed by atoms with E-state index < -0.39 is 0 Å². The number of nitrogens with zero attached hydrogens (tertiary/aromatic N) is 1. The van der Waals surface area contributed by atoms with E-state index in [2.05, 4.69) is 31.1 Å². The molecule has 1 saturated heterocycles. The molecule has 1 rings (SSSR count). The first-order valence-electron chi connectivity index (χ1n) is 6.16. The fourth-order valence-electron chi connectivity index (χ4n) is 2.29. The number of likely N-dealkylation sites (tertiary alicyclic amines) is 1. The highest BCUT2D eigenvalue weighted by molar-refractivity contribution is 4.85. The Hall–Kier alpha value is -0.120. The average Bonchev–Trinajstić information content (AvgIpc) is 2.20. The lowest BCUT2D eigenvalue weighted by Gasteiger charge is -2.40. The van der Waals surface area contributed by atoms with E-state index in [0.717, 1.165) is 25.7 Å². The van der Waals surface area contributed by atoms with Crippen molar-refractivity contribution in [3.05, 3.63) is 0 Å². The van der Waals surface area contributed by atoms with Crippen LogP contribution in [0.25, 0.3) is 0 Å². The van der Waals surface area contributed by atoms with E-state index in [-0.39, 0.29) is 0 Å². The summed E-state index contributed by atoms with van der Waals surface area (Å²) in [6.07, 6.45) is 1.25. The third-order valence-corrected chi connectivity index (χ3v) is 3.47. The van der Waals surface area contributed by atoms with Gasteiger partial charge < -0.3 is 15.0 Å². The number of hydrogen-bond acceptors (Lipinski definition) is 3. The summed E-state index contributed by atoms with van der Waals surface area (Å²) in [6, 6.07) is 1.36. The molecule has 15 heavy (non-hydrogen) atoms. The molecule has 0 saturated carbocycles. The van der Waals surface area contributed by atoms with Crippen LogP contribution in [0.1, 0.15) is 27.2 Å². The molecule has 0 aromatic rings. The predicted molar refractivity (Wildman–Crippen MR) is 64.2 cm³/mol. The highest BCUT2D eigenvalue weighted by Gasteiger charge is 2.28. The Morgan fingerprint density at radius 1 is 1.40 bits per heavy atom. The van der Waals surface area contributed by atoms with E-state index in [1.165, 1.54) is 13.0 Å². The van der Waals surface area contributed by atoms with Crippen molar-refractivity contribution in [1.29, 1.82) is 0 Å². The van der Waals surface area contributed by atoms with Crippen LogP contribution in [0.5, 0.6) is 0 Å². The summed E-state index contributed by atoms with van der Waals surface area (Å²) in [6.45, 7) is 10.5. The van der Waals surface area contributed by atoms with Crippen LogP contribution in [0, 0.1) is 5.92 Å². The van der Waals surface area contributed by atoms with Crippen molar-refractivity contribution < 1.29 is 4.74 Å². The zero-order valence-electron chi connectivity index (χ0n) is 10.6. The molecule has 90 valence electrons. The van der Waals surface area contributed by atoms with Gasteiger partial charge in [-0.05, 0) is 33.2 Å². The van der Waals surface area contributed by atoms with Gasteiger partial charge in [-0.1, -0.05) is 6.92 Å². The summed E-state index contributed by atoms with van der Waals surface area (Å²) in [5.41, 5.74) is 0. The van der Waals surface area contributed by atoms with Crippen LogP contribution in [-0.4, -0.2) is 50.3 Å². The average molecular weight is 214 g/mol. The molecule has 1 heterocycles. The summed E-state index contributed by atoms with van der Waals surface area (Å²) in [5, 5.41) is 3.61. The first-order valence-corrected chi connectivity index (χ1v) is 6.16. The van der Waals surface area contributed by atoms with Crippen molar-refractivity contribution in [2.75, 3.05) is 33.4 Å². The molecule has 3 nitrogen and oxygen atoms in total. The van der Waals surface area contributed by atoms with E-state index in [1.54, 1.807) is 0 Å². The van der Waals surface area contributed by atoms with E-state index in [1.807, 2.05) is 6.92 Å². The second-order valence-corrected chi connectivity index (χ2v) is 4.76. The van der Waals surface area contributed by atoms with Gasteiger partial charge in [-0.2, -0.15) is 0 Å². The molecule has 0 bridgehead atoms. The maximum atomic E-state index is 5.33. The lowest BCUT2D eigenvalue weighted by atomic mass is 9.90. The van der Waals surface area contributed by atoms with Crippen LogP contribution < -0.4 is 5.32 Å². The monoisotopic (exact) mass is 214 g/mol. The fourth-order valence-corrected chi connectivity index (χ4v) is 2.29. The molecule has 0 aromatic heterocycles. The first-order chi connectivity index (χ1) is 7.15. The number of nitrogens with one attached hydrogen (secondary N) is 1. The third kappa shape index (κ3) is 4.09. The standard InChI is InChI=1S/C12H26N2O/c1-5-15-7-6-13-12-8-11(3)14(4)9-10(12)2/h10-13H,5-9H2,1-4H3/t10-,11+,12-/m1/s1. The second-order valence-electron chi connectivity index (χ2n) is 4.76. The van der Waals surface area contributed by atoms with Crippen molar-refractivity contribution in [3.63, 3.8) is 0 Å². The number of rotatable bonds is 5. The maximum Gasteiger partial charge on any atom is 0.0590 e. The normalized spacial score (nSPS) is 33.2. The molecule has 1 aliphatic heterocycles. The molecule has 0 aromatic carbocycles. The summed E-state index contributed by atoms with van der Waals surface area (Å²) >= 11 is 0. The van der Waals surface area contributed by atoms with Gasteiger partial charge in [-0.15, -0.1) is 0 Å². The van der Waals surface area contributed by atoms with E-state index in [4.69, 9.17) is 4.74 Å². The number of hydrogen-bond donors (Lipinski definition) is 1. The van der Waals surface area contributed by atoms with E-state index in [9.17, 15) is 0 Å². The van der Waals surface area contributed by atoms with Crippen molar-refractivity contribution in [2.45, 2.75) is 39.3 Å². The van der Waals surface area contributed by atoms with Gasteiger partial charge >= 0.3 is 0 Å². The third-order valence-electron chi connectivity index (χ3n) is 3.47. The molecule has 0 radical (unpaired) electrons. The van der Waals surface area contributed by atoms with Gasteiger partial charge in [0.15, 0.2) is 0 Å². The van der Waals surface area contributed by atoms with Crippen LogP contribution in [0.4, 0.5) is 0 Å². The molecule has 0 spiro atoms. The van der Waals surface area contributed by atoms with Gasteiger partial charge in [0.25, 0.3) is 0 Å². The van der Waals surface area contributed by atoms with Gasteiger partial charge in [0.2, 0.25) is 0 Å². The SMILES string of the molecule is CCOCCN[C@@H]1C[C@H](C)N(C)C[C@H]1C. The van der Waals surface area contributed by atoms with Gasteiger partial charge in [0.1, 0.15) is 0 Å². The minimum absolute atomic E-state index is 0.664. The Morgan fingerprint density at radius 2 is 2.13 bits per heavy atom. The van der Waals surface area contributed by atoms with Crippen LogP contribution in [0.3, 0.4) is 0 Å². The van der Waals surface area contributed by atoms with Crippen molar-refractivity contribution in [2.24, 2.45) is 5.92 Å². The molecule has 3 atom stereocenters. The smallest absolute Gasteiger partial charge is 0.0590 e. The van der Waals surface area contributed by atoms with E-state index >= 15 is 0 Å². The lowest BCUT2D eigenvalue weighted by Crippen LogP contribution is -2.51. The molecule has 0 unspecified atom stereocenters. The minimum Gasteiger partial charge on any atom is -0.380 e. The van der Waals surface area contributed by atoms with Crippen LogP contribution >= 0.6 is 0 Å². The molecule has 1 aliphatic rings. The molecule has 1 fully saturated rings. The molecule has 1 N–H and O–H groups in total. The van der Waals surface area contributed by atoms with Gasteiger partial charge in [-0.3, -0.25) is 0 Å². The zero-order chi connectivity index (χ0) is 11.3. The van der Waals surface area contributed by atoms with Crippen molar-refractivity contribution in [3.8, 4) is 0 Å². The largest absolute Gasteiger partial charge is 0.380 e. The molecular formula is C12H26N2O. The molecule has 3 heteroatoms. The summed E-state index contributed by atoms with van der Waals surface area (Å²) < 4.78 is 5.33. The Morgan fingerprint density at radius 3 is 2.80 bits per heavy atom. The van der Waals surface area contributed by atoms with Crippen LogP contribution in [0.15, 0.2) is 0 Å². The first kappa shape index (κ1) is 12.9. The summed E-state index contributed by atoms with van der Waals surface area (Å²) in [7, 11) is 2.22. The second kappa shape index (κ2) is 6.46. The topological polar surface area (TPSA) is 24.5 Å². The Labute approximate surface area is 94.2 Å². The van der Waals surface area contributed by atoms with Crippen LogP contribution in [-0.2, 0) is 4.74 Å². The quantitative estimate of drug-likeness (QED) is 0.699. The summed E-state index contributed by atoms with van der Waals surface area (Å²) in [4.78, 5) is 2.45. The number of piperidine rings is 1. The van der Waals surface area contributed by atoms with Crippen molar-refractivity contribution >= 4 is 0 Å². The molecule has 0 aliphatic carbocycles. The van der Waals surface area contributed by atoms with Gasteiger partial charge in [0.05, 0.1) is 6.61 Å². The zero-order valence-corrected chi connectivity index (χ0v) is 10.6. The fraction of sp³-hybridized carbons (Fsp3) is 1.00. The van der Waals surface area contributed by atoms with Crippen molar-refractivity contribution in [1.82, 2.24) is 10.2 Å². The highest BCUT2D eigenvalue weighted by atomic mass is 16.5. The summed E-state index contributed by atoms with van der Waals surface area (Å²) in [5.74, 6) is 0.743.